The Morgan fingerprint density at radius 3 is 3.10 bits per heavy atom. The highest BCUT2D eigenvalue weighted by molar-refractivity contribution is 5.82. The summed E-state index contributed by atoms with van der Waals surface area (Å²) in [6.45, 7) is 1.95. The Kier molecular flexibility index (Phi) is 3.46. The molecule has 0 saturated heterocycles. The van der Waals surface area contributed by atoms with E-state index in [1.807, 2.05) is 37.3 Å². The molecule has 0 aliphatic carbocycles. The summed E-state index contributed by atoms with van der Waals surface area (Å²) in [6, 6.07) is 9.27. The number of nitrogens with zero attached hydrogens (tertiary/aromatic N) is 4. The van der Waals surface area contributed by atoms with Gasteiger partial charge in [-0.2, -0.15) is 5.10 Å². The lowest BCUT2D eigenvalue weighted by molar-refractivity contribution is -0.121. The Labute approximate surface area is 120 Å². The van der Waals surface area contributed by atoms with Crippen LogP contribution in [-0.4, -0.2) is 27.1 Å². The van der Waals surface area contributed by atoms with Gasteiger partial charge in [0.15, 0.2) is 0 Å². The fourth-order valence-corrected chi connectivity index (χ4v) is 1.89. The number of carbonyl (C=O) groups is 1. The smallest absolute Gasteiger partial charge is 0.261 e. The fraction of sp³-hybridized carbons (Fsp3) is 0.143. The van der Waals surface area contributed by atoms with E-state index in [0.29, 0.717) is 5.76 Å². The molecule has 0 spiro atoms. The Morgan fingerprint density at radius 2 is 2.29 bits per heavy atom. The molecule has 0 fully saturated rings. The third-order valence-corrected chi connectivity index (χ3v) is 2.99. The zero-order chi connectivity index (χ0) is 14.7. The van der Waals surface area contributed by atoms with Crippen LogP contribution in [0.15, 0.2) is 46.1 Å². The average Bonchev–Trinajstić information content (AvgIpc) is 3.07. The maximum Gasteiger partial charge on any atom is 0.261 e. The van der Waals surface area contributed by atoms with Crippen molar-refractivity contribution in [1.82, 2.24) is 20.4 Å². The maximum atomic E-state index is 11.8. The molecule has 21 heavy (non-hydrogen) atoms. The number of benzene rings is 1. The van der Waals surface area contributed by atoms with Crippen LogP contribution in [0.4, 0.5) is 0 Å². The molecule has 3 rings (SSSR count). The van der Waals surface area contributed by atoms with E-state index in [-0.39, 0.29) is 12.5 Å². The van der Waals surface area contributed by atoms with Crippen LogP contribution in [-0.2, 0) is 11.3 Å². The van der Waals surface area contributed by atoms with Gasteiger partial charge in [0.25, 0.3) is 5.91 Å². The lowest BCUT2D eigenvalue weighted by Crippen LogP contribution is -2.23. The molecule has 0 bridgehead atoms. The van der Waals surface area contributed by atoms with Gasteiger partial charge in [-0.05, 0) is 30.7 Å². The normalized spacial score (nSPS) is 11.3. The van der Waals surface area contributed by atoms with Gasteiger partial charge in [0.1, 0.15) is 17.8 Å². The second-order valence-electron chi connectivity index (χ2n) is 4.50. The predicted octanol–water partition coefficient (Wildman–Crippen LogP) is 1.48. The topological polar surface area (TPSA) is 85.3 Å². The number of hydrogen-bond donors (Lipinski definition) is 1. The van der Waals surface area contributed by atoms with Crippen molar-refractivity contribution in [2.24, 2.45) is 5.10 Å². The van der Waals surface area contributed by atoms with Gasteiger partial charge in [0, 0.05) is 0 Å². The van der Waals surface area contributed by atoms with E-state index in [1.165, 1.54) is 10.9 Å². The van der Waals surface area contributed by atoms with Gasteiger partial charge < -0.3 is 4.42 Å². The second kappa shape index (κ2) is 5.58. The van der Waals surface area contributed by atoms with Crippen LogP contribution < -0.4 is 5.43 Å². The number of aromatic nitrogens is 3. The summed E-state index contributed by atoms with van der Waals surface area (Å²) >= 11 is 0. The largest absolute Gasteiger partial charge is 0.463 e. The monoisotopic (exact) mass is 283 g/mol. The van der Waals surface area contributed by atoms with Gasteiger partial charge in [-0.1, -0.05) is 17.3 Å². The third kappa shape index (κ3) is 2.81. The number of hydrogen-bond acceptors (Lipinski definition) is 5. The van der Waals surface area contributed by atoms with E-state index in [4.69, 9.17) is 4.42 Å². The van der Waals surface area contributed by atoms with Crippen LogP contribution in [0.25, 0.3) is 11.0 Å². The summed E-state index contributed by atoms with van der Waals surface area (Å²) in [6.07, 6.45) is 3.03. The highest BCUT2D eigenvalue weighted by Gasteiger charge is 2.07. The van der Waals surface area contributed by atoms with E-state index in [9.17, 15) is 4.79 Å². The number of para-hydroxylation sites is 1. The Morgan fingerprint density at radius 1 is 1.43 bits per heavy atom. The Hall–Kier alpha value is -2.96. The predicted molar refractivity (Wildman–Crippen MR) is 76.7 cm³/mol. The van der Waals surface area contributed by atoms with Crippen molar-refractivity contribution in [3.05, 3.63) is 47.9 Å². The van der Waals surface area contributed by atoms with Gasteiger partial charge in [0.05, 0.1) is 18.0 Å². The highest BCUT2D eigenvalue weighted by Crippen LogP contribution is 2.09. The molecule has 0 atom stereocenters. The second-order valence-corrected chi connectivity index (χ2v) is 4.50. The van der Waals surface area contributed by atoms with Crippen molar-refractivity contribution < 1.29 is 9.21 Å². The number of amides is 1. The summed E-state index contributed by atoms with van der Waals surface area (Å²) in [5.41, 5.74) is 4.94. The third-order valence-electron chi connectivity index (χ3n) is 2.99. The van der Waals surface area contributed by atoms with Crippen LogP contribution in [0.3, 0.4) is 0 Å². The van der Waals surface area contributed by atoms with Crippen LogP contribution >= 0.6 is 0 Å². The minimum atomic E-state index is -0.286. The molecule has 2 aromatic heterocycles. The molecule has 7 heteroatoms. The summed E-state index contributed by atoms with van der Waals surface area (Å²) in [4.78, 5) is 11.8. The molecule has 0 radical (unpaired) electrons. The van der Waals surface area contributed by atoms with Gasteiger partial charge in [-0.15, -0.1) is 5.10 Å². The zero-order valence-corrected chi connectivity index (χ0v) is 11.4. The Bertz CT molecular complexity index is 802. The summed E-state index contributed by atoms with van der Waals surface area (Å²) in [5.74, 6) is 0.326. The molecule has 1 aromatic carbocycles. The summed E-state index contributed by atoms with van der Waals surface area (Å²) in [5, 5.41) is 11.8. The standard InChI is InChI=1S/C14H13N5O2/c1-10-6-7-21-13(10)8-15-17-14(20)9-19-12-5-3-2-4-11(12)16-18-19/h2-8H,9H2,1H3,(H,17,20)/b15-8+. The molecule has 0 aliphatic heterocycles. The van der Waals surface area contributed by atoms with Gasteiger partial charge in [-0.3, -0.25) is 4.79 Å². The van der Waals surface area contributed by atoms with Crippen molar-refractivity contribution in [3.8, 4) is 0 Å². The lowest BCUT2D eigenvalue weighted by Gasteiger charge is -2.00. The zero-order valence-electron chi connectivity index (χ0n) is 11.4. The van der Waals surface area contributed by atoms with E-state index >= 15 is 0 Å². The molecule has 0 saturated carbocycles. The average molecular weight is 283 g/mol. The number of carbonyl (C=O) groups excluding carboxylic acids is 1. The number of nitrogens with one attached hydrogen (secondary N) is 1. The minimum Gasteiger partial charge on any atom is -0.463 e. The number of aryl methyl sites for hydroxylation is 1. The maximum absolute atomic E-state index is 11.8. The molecular formula is C14H13N5O2. The van der Waals surface area contributed by atoms with Gasteiger partial charge in [0.2, 0.25) is 0 Å². The first-order chi connectivity index (χ1) is 10.2. The Balaban J connectivity index is 1.64. The SMILES string of the molecule is Cc1ccoc1/C=N/NC(=O)Cn1nnc2ccccc21. The minimum absolute atomic E-state index is 0.0506. The van der Waals surface area contributed by atoms with Crippen molar-refractivity contribution in [2.75, 3.05) is 0 Å². The lowest BCUT2D eigenvalue weighted by atomic mass is 10.3. The van der Waals surface area contributed by atoms with Crippen molar-refractivity contribution >= 4 is 23.2 Å². The van der Waals surface area contributed by atoms with Crippen LogP contribution in [0.1, 0.15) is 11.3 Å². The van der Waals surface area contributed by atoms with Crippen molar-refractivity contribution in [1.29, 1.82) is 0 Å². The molecule has 0 aliphatic rings. The van der Waals surface area contributed by atoms with E-state index in [0.717, 1.165) is 16.6 Å². The van der Waals surface area contributed by atoms with E-state index in [2.05, 4.69) is 20.8 Å². The van der Waals surface area contributed by atoms with Gasteiger partial charge >= 0.3 is 0 Å². The highest BCUT2D eigenvalue weighted by atomic mass is 16.3. The molecule has 7 nitrogen and oxygen atoms in total. The summed E-state index contributed by atoms with van der Waals surface area (Å²) in [7, 11) is 0. The molecule has 106 valence electrons. The van der Waals surface area contributed by atoms with E-state index < -0.39 is 0 Å². The molecule has 3 aromatic rings. The van der Waals surface area contributed by atoms with Crippen molar-refractivity contribution in [3.63, 3.8) is 0 Å². The first-order valence-electron chi connectivity index (χ1n) is 6.38. The number of hydrazone groups is 1. The molecular weight excluding hydrogens is 270 g/mol. The number of fused-ring (bicyclic) bond motifs is 1. The first-order valence-corrected chi connectivity index (χ1v) is 6.38. The molecule has 0 unspecified atom stereocenters. The molecule has 2 heterocycles. The molecule has 1 amide bonds. The van der Waals surface area contributed by atoms with Crippen molar-refractivity contribution in [2.45, 2.75) is 13.5 Å². The number of furan rings is 1. The quantitative estimate of drug-likeness (QED) is 0.580. The first kappa shape index (κ1) is 13.0. The fourth-order valence-electron chi connectivity index (χ4n) is 1.89. The van der Waals surface area contributed by atoms with E-state index in [1.54, 1.807) is 6.26 Å². The molecule has 1 N–H and O–H groups in total. The van der Waals surface area contributed by atoms with Crippen LogP contribution in [0.5, 0.6) is 0 Å². The number of rotatable bonds is 4. The summed E-state index contributed by atoms with van der Waals surface area (Å²) < 4.78 is 6.71. The van der Waals surface area contributed by atoms with Crippen LogP contribution in [0.2, 0.25) is 0 Å². The van der Waals surface area contributed by atoms with Gasteiger partial charge in [-0.25, -0.2) is 10.1 Å². The van der Waals surface area contributed by atoms with Crippen LogP contribution in [0, 0.1) is 6.92 Å².